The molecule has 0 spiro atoms. The van der Waals surface area contributed by atoms with Crippen LogP contribution in [0.3, 0.4) is 0 Å². The molecule has 1 N–H and O–H groups in total. The van der Waals surface area contributed by atoms with Gasteiger partial charge in [-0.15, -0.1) is 0 Å². The van der Waals surface area contributed by atoms with E-state index in [9.17, 15) is 5.11 Å². The van der Waals surface area contributed by atoms with Gasteiger partial charge in [-0.1, -0.05) is 19.1 Å². The summed E-state index contributed by atoms with van der Waals surface area (Å²) in [5, 5.41) is 14.7. The second-order valence-electron chi connectivity index (χ2n) is 4.51. The first-order chi connectivity index (χ1) is 9.67. The lowest BCUT2D eigenvalue weighted by Gasteiger charge is -2.14. The summed E-state index contributed by atoms with van der Waals surface area (Å²) >= 11 is 3.44. The van der Waals surface area contributed by atoms with Gasteiger partial charge in [0.15, 0.2) is 0 Å². The van der Waals surface area contributed by atoms with Crippen molar-refractivity contribution in [3.63, 3.8) is 0 Å². The van der Waals surface area contributed by atoms with Crippen molar-refractivity contribution >= 4 is 15.9 Å². The van der Waals surface area contributed by atoms with Crippen LogP contribution < -0.4 is 4.74 Å². The van der Waals surface area contributed by atoms with Crippen LogP contribution in [0, 0.1) is 0 Å². The Morgan fingerprint density at radius 1 is 1.30 bits per heavy atom. The largest absolute Gasteiger partial charge is 0.494 e. The molecule has 0 bridgehead atoms. The van der Waals surface area contributed by atoms with Crippen molar-refractivity contribution in [1.82, 2.24) is 9.78 Å². The van der Waals surface area contributed by atoms with Crippen LogP contribution in [0.2, 0.25) is 0 Å². The third kappa shape index (κ3) is 3.22. The summed E-state index contributed by atoms with van der Waals surface area (Å²) in [5.74, 6) is 0.825. The van der Waals surface area contributed by atoms with Crippen LogP contribution in [-0.2, 0) is 6.54 Å². The smallest absolute Gasteiger partial charge is 0.122 e. The highest BCUT2D eigenvalue weighted by Crippen LogP contribution is 2.29. The van der Waals surface area contributed by atoms with Crippen LogP contribution in [0.25, 0.3) is 0 Å². The topological polar surface area (TPSA) is 47.3 Å². The maximum Gasteiger partial charge on any atom is 0.122 e. The van der Waals surface area contributed by atoms with Gasteiger partial charge in [0.05, 0.1) is 23.0 Å². The van der Waals surface area contributed by atoms with E-state index in [0.29, 0.717) is 6.61 Å². The molecule has 0 aliphatic carbocycles. The second-order valence-corrected chi connectivity index (χ2v) is 5.37. The van der Waals surface area contributed by atoms with E-state index >= 15 is 0 Å². The zero-order chi connectivity index (χ0) is 14.5. The molecular formula is C15H19BrN2O2. The lowest BCUT2D eigenvalue weighted by molar-refractivity contribution is 0.207. The number of aryl methyl sites for hydroxylation is 1. The number of hydrogen-bond donors (Lipinski definition) is 1. The number of nitrogens with zero attached hydrogens (tertiary/aromatic N) is 2. The molecule has 1 unspecified atom stereocenters. The monoisotopic (exact) mass is 338 g/mol. The van der Waals surface area contributed by atoms with Gasteiger partial charge in [0.2, 0.25) is 0 Å². The highest BCUT2D eigenvalue weighted by molar-refractivity contribution is 9.10. The molecule has 1 heterocycles. The quantitative estimate of drug-likeness (QED) is 0.876. The van der Waals surface area contributed by atoms with E-state index in [1.807, 2.05) is 31.2 Å². The average Bonchev–Trinajstić information content (AvgIpc) is 2.86. The van der Waals surface area contributed by atoms with Gasteiger partial charge >= 0.3 is 0 Å². The molecule has 1 aromatic carbocycles. The maximum absolute atomic E-state index is 10.5. The predicted molar refractivity (Wildman–Crippen MR) is 81.9 cm³/mol. The van der Waals surface area contributed by atoms with Crippen LogP contribution >= 0.6 is 15.9 Å². The highest BCUT2D eigenvalue weighted by Gasteiger charge is 2.18. The first-order valence-corrected chi connectivity index (χ1v) is 7.58. The van der Waals surface area contributed by atoms with Crippen LogP contribution in [0.4, 0.5) is 0 Å². The zero-order valence-electron chi connectivity index (χ0n) is 11.7. The lowest BCUT2D eigenvalue weighted by Crippen LogP contribution is -2.09. The standard InChI is InChI=1S/C15H19BrN2O2/c1-3-9-20-12-7-5-11(6-8-12)15(19)14-13(16)10-17-18(14)4-2/h5-8,10,15,19H,3-4,9H2,1-2H3. The van der Waals surface area contributed by atoms with E-state index in [1.165, 1.54) is 0 Å². The minimum atomic E-state index is -0.702. The molecular weight excluding hydrogens is 320 g/mol. The Labute approximate surface area is 127 Å². The van der Waals surface area contributed by atoms with Crippen LogP contribution in [0.1, 0.15) is 37.6 Å². The summed E-state index contributed by atoms with van der Waals surface area (Å²) in [6.07, 6.45) is 1.99. The minimum absolute atomic E-state index is 0.702. The molecule has 5 heteroatoms. The molecule has 0 fully saturated rings. The van der Waals surface area contributed by atoms with Gasteiger partial charge in [0.25, 0.3) is 0 Å². The first-order valence-electron chi connectivity index (χ1n) is 6.79. The number of rotatable bonds is 6. The molecule has 0 radical (unpaired) electrons. The second kappa shape index (κ2) is 6.90. The van der Waals surface area contributed by atoms with Gasteiger partial charge < -0.3 is 9.84 Å². The van der Waals surface area contributed by atoms with Crippen LogP contribution in [-0.4, -0.2) is 21.5 Å². The molecule has 20 heavy (non-hydrogen) atoms. The summed E-state index contributed by atoms with van der Waals surface area (Å²) in [6, 6.07) is 7.54. The van der Waals surface area contributed by atoms with E-state index < -0.39 is 6.10 Å². The lowest BCUT2D eigenvalue weighted by atomic mass is 10.1. The Morgan fingerprint density at radius 3 is 2.60 bits per heavy atom. The van der Waals surface area contributed by atoms with Gasteiger partial charge in [0, 0.05) is 6.54 Å². The van der Waals surface area contributed by atoms with E-state index in [4.69, 9.17) is 4.74 Å². The van der Waals surface area contributed by atoms with E-state index in [0.717, 1.165) is 34.4 Å². The van der Waals surface area contributed by atoms with E-state index in [1.54, 1.807) is 10.9 Å². The first kappa shape index (κ1) is 15.1. The Hall–Kier alpha value is -1.33. The van der Waals surface area contributed by atoms with Gasteiger partial charge in [-0.2, -0.15) is 5.10 Å². The summed E-state index contributed by atoms with van der Waals surface area (Å²) in [4.78, 5) is 0. The van der Waals surface area contributed by atoms with Crippen molar-refractivity contribution in [3.8, 4) is 5.75 Å². The molecule has 1 atom stereocenters. The van der Waals surface area contributed by atoms with Gasteiger partial charge in [0.1, 0.15) is 11.9 Å². The van der Waals surface area contributed by atoms with Gasteiger partial charge in [-0.05, 0) is 47.0 Å². The molecule has 0 saturated carbocycles. The van der Waals surface area contributed by atoms with Crippen molar-refractivity contribution in [2.45, 2.75) is 32.9 Å². The molecule has 1 aromatic heterocycles. The Morgan fingerprint density at radius 2 is 2.00 bits per heavy atom. The number of halogens is 1. The summed E-state index contributed by atoms with van der Waals surface area (Å²) in [6.45, 7) is 5.49. The molecule has 0 aliphatic heterocycles. The Bertz CT molecular complexity index is 552. The van der Waals surface area contributed by atoms with Crippen molar-refractivity contribution < 1.29 is 9.84 Å². The number of aliphatic hydroxyl groups is 1. The molecule has 4 nitrogen and oxygen atoms in total. The van der Waals surface area contributed by atoms with Crippen molar-refractivity contribution in [1.29, 1.82) is 0 Å². The minimum Gasteiger partial charge on any atom is -0.494 e. The van der Waals surface area contributed by atoms with Crippen molar-refractivity contribution in [2.75, 3.05) is 6.61 Å². The summed E-state index contributed by atoms with van der Waals surface area (Å²) < 4.78 is 8.15. The number of benzene rings is 1. The Kier molecular flexibility index (Phi) is 5.20. The fraction of sp³-hybridized carbons (Fsp3) is 0.400. The van der Waals surface area contributed by atoms with Crippen molar-refractivity contribution in [2.24, 2.45) is 0 Å². The molecule has 2 aromatic rings. The predicted octanol–water partition coefficient (Wildman–Crippen LogP) is 3.54. The molecule has 108 valence electrons. The average molecular weight is 339 g/mol. The third-order valence-electron chi connectivity index (χ3n) is 3.06. The fourth-order valence-electron chi connectivity index (χ4n) is 2.02. The Balaban J connectivity index is 2.20. The number of aromatic nitrogens is 2. The van der Waals surface area contributed by atoms with E-state index in [-0.39, 0.29) is 0 Å². The number of ether oxygens (including phenoxy) is 1. The molecule has 2 rings (SSSR count). The highest BCUT2D eigenvalue weighted by atomic mass is 79.9. The molecule has 0 aliphatic rings. The summed E-state index contributed by atoms with van der Waals surface area (Å²) in [7, 11) is 0. The maximum atomic E-state index is 10.5. The molecule has 0 saturated heterocycles. The zero-order valence-corrected chi connectivity index (χ0v) is 13.3. The molecule has 0 amide bonds. The van der Waals surface area contributed by atoms with Crippen molar-refractivity contribution in [3.05, 3.63) is 46.2 Å². The normalized spacial score (nSPS) is 12.4. The number of hydrogen-bond acceptors (Lipinski definition) is 3. The van der Waals surface area contributed by atoms with Gasteiger partial charge in [-0.25, -0.2) is 0 Å². The summed E-state index contributed by atoms with van der Waals surface area (Å²) in [5.41, 5.74) is 1.60. The fourth-order valence-corrected chi connectivity index (χ4v) is 2.53. The third-order valence-corrected chi connectivity index (χ3v) is 3.67. The number of aliphatic hydroxyl groups excluding tert-OH is 1. The SMILES string of the molecule is CCCOc1ccc(C(O)c2c(Br)cnn2CC)cc1. The van der Waals surface area contributed by atoms with Crippen LogP contribution in [0.5, 0.6) is 5.75 Å². The van der Waals surface area contributed by atoms with Gasteiger partial charge in [-0.3, -0.25) is 4.68 Å². The van der Waals surface area contributed by atoms with Crippen LogP contribution in [0.15, 0.2) is 34.9 Å². The van der Waals surface area contributed by atoms with E-state index in [2.05, 4.69) is 28.0 Å².